The first-order valence-corrected chi connectivity index (χ1v) is 5.62. The number of nitrogens with one attached hydrogen (secondary N) is 1. The number of hydrogen-bond donors (Lipinski definition) is 1. The molecule has 0 radical (unpaired) electrons. The average molecular weight is 206 g/mol. The van der Waals surface area contributed by atoms with Gasteiger partial charge in [0.15, 0.2) is 0 Å². The Morgan fingerprint density at radius 3 is 3.00 bits per heavy atom. The van der Waals surface area contributed by atoms with Gasteiger partial charge in [0, 0.05) is 32.1 Å². The summed E-state index contributed by atoms with van der Waals surface area (Å²) in [5, 5.41) is 3.46. The zero-order chi connectivity index (χ0) is 10.3. The number of pyridine rings is 1. The second-order valence-corrected chi connectivity index (χ2v) is 4.07. The molecule has 1 aliphatic rings. The molecule has 1 aromatic heterocycles. The summed E-state index contributed by atoms with van der Waals surface area (Å²) < 4.78 is 5.43. The molecule has 1 N–H and O–H groups in total. The van der Waals surface area contributed by atoms with Crippen LogP contribution in [0.2, 0.25) is 0 Å². The predicted molar refractivity (Wildman–Crippen MR) is 59.5 cm³/mol. The maximum Gasteiger partial charge on any atom is 0.0506 e. The van der Waals surface area contributed by atoms with E-state index >= 15 is 0 Å². The summed E-state index contributed by atoms with van der Waals surface area (Å²) >= 11 is 0. The second-order valence-electron chi connectivity index (χ2n) is 4.07. The lowest BCUT2D eigenvalue weighted by Crippen LogP contribution is -2.28. The highest BCUT2D eigenvalue weighted by atomic mass is 16.5. The zero-order valence-corrected chi connectivity index (χ0v) is 8.98. The number of ether oxygens (including phenoxy) is 1. The van der Waals surface area contributed by atoms with E-state index in [0.29, 0.717) is 5.92 Å². The van der Waals surface area contributed by atoms with Crippen LogP contribution in [0.15, 0.2) is 24.5 Å². The average Bonchev–Trinajstić information content (AvgIpc) is 2.32. The SMILES string of the molecule is c1cc(CNCC2CCCOC2)ccn1. The van der Waals surface area contributed by atoms with E-state index in [1.165, 1.54) is 18.4 Å². The molecule has 0 spiro atoms. The van der Waals surface area contributed by atoms with Crippen molar-refractivity contribution < 1.29 is 4.74 Å². The summed E-state index contributed by atoms with van der Waals surface area (Å²) in [4.78, 5) is 4.00. The van der Waals surface area contributed by atoms with Crippen LogP contribution in [-0.4, -0.2) is 24.7 Å². The summed E-state index contributed by atoms with van der Waals surface area (Å²) in [5.74, 6) is 0.695. The first kappa shape index (κ1) is 10.6. The minimum atomic E-state index is 0.695. The highest BCUT2D eigenvalue weighted by Gasteiger charge is 2.12. The van der Waals surface area contributed by atoms with Gasteiger partial charge in [-0.1, -0.05) is 0 Å². The number of aromatic nitrogens is 1. The quantitative estimate of drug-likeness (QED) is 0.812. The Morgan fingerprint density at radius 2 is 2.27 bits per heavy atom. The molecule has 2 heterocycles. The molecule has 2 rings (SSSR count). The standard InChI is InChI=1S/C12H18N2O/c1-2-12(10-15-7-1)9-14-8-11-3-5-13-6-4-11/h3-6,12,14H,1-2,7-10H2. The largest absolute Gasteiger partial charge is 0.381 e. The van der Waals surface area contributed by atoms with Gasteiger partial charge in [-0.2, -0.15) is 0 Å². The fraction of sp³-hybridized carbons (Fsp3) is 0.583. The molecule has 0 saturated carbocycles. The first-order chi connectivity index (χ1) is 7.45. The van der Waals surface area contributed by atoms with Crippen LogP contribution < -0.4 is 5.32 Å². The van der Waals surface area contributed by atoms with Crippen LogP contribution in [0, 0.1) is 5.92 Å². The summed E-state index contributed by atoms with van der Waals surface area (Å²) in [6.45, 7) is 3.85. The molecule has 1 fully saturated rings. The molecule has 0 amide bonds. The summed E-state index contributed by atoms with van der Waals surface area (Å²) in [6.07, 6.45) is 6.17. The van der Waals surface area contributed by atoms with Gasteiger partial charge >= 0.3 is 0 Å². The molecule has 3 nitrogen and oxygen atoms in total. The Labute approximate surface area is 90.9 Å². The van der Waals surface area contributed by atoms with E-state index in [9.17, 15) is 0 Å². The van der Waals surface area contributed by atoms with Crippen molar-refractivity contribution in [3.05, 3.63) is 30.1 Å². The van der Waals surface area contributed by atoms with Crippen LogP contribution in [0.1, 0.15) is 18.4 Å². The molecule has 1 aromatic rings. The van der Waals surface area contributed by atoms with Crippen molar-refractivity contribution in [2.45, 2.75) is 19.4 Å². The predicted octanol–water partition coefficient (Wildman–Crippen LogP) is 1.60. The molecule has 1 atom stereocenters. The summed E-state index contributed by atoms with van der Waals surface area (Å²) in [7, 11) is 0. The highest BCUT2D eigenvalue weighted by Crippen LogP contribution is 2.12. The molecule has 0 aromatic carbocycles. The minimum absolute atomic E-state index is 0.695. The van der Waals surface area contributed by atoms with E-state index in [0.717, 1.165) is 26.3 Å². The van der Waals surface area contributed by atoms with Crippen LogP contribution in [0.3, 0.4) is 0 Å². The molecule has 0 aliphatic carbocycles. The van der Waals surface area contributed by atoms with Crippen molar-refractivity contribution in [1.82, 2.24) is 10.3 Å². The van der Waals surface area contributed by atoms with Gasteiger partial charge in [-0.05, 0) is 36.5 Å². The summed E-state index contributed by atoms with van der Waals surface area (Å²) in [6, 6.07) is 4.09. The lowest BCUT2D eigenvalue weighted by molar-refractivity contribution is 0.0547. The van der Waals surface area contributed by atoms with Crippen molar-refractivity contribution in [2.24, 2.45) is 5.92 Å². The number of hydrogen-bond acceptors (Lipinski definition) is 3. The third kappa shape index (κ3) is 3.61. The van der Waals surface area contributed by atoms with Gasteiger partial charge in [0.05, 0.1) is 6.61 Å². The molecule has 1 aliphatic heterocycles. The van der Waals surface area contributed by atoms with E-state index in [1.54, 1.807) is 0 Å². The van der Waals surface area contributed by atoms with Crippen LogP contribution >= 0.6 is 0 Å². The monoisotopic (exact) mass is 206 g/mol. The third-order valence-electron chi connectivity index (χ3n) is 2.77. The van der Waals surface area contributed by atoms with Crippen LogP contribution in [0.4, 0.5) is 0 Å². The smallest absolute Gasteiger partial charge is 0.0506 e. The van der Waals surface area contributed by atoms with Gasteiger partial charge in [0.25, 0.3) is 0 Å². The van der Waals surface area contributed by atoms with Gasteiger partial charge in [0.1, 0.15) is 0 Å². The zero-order valence-electron chi connectivity index (χ0n) is 8.98. The molecule has 1 saturated heterocycles. The van der Waals surface area contributed by atoms with E-state index in [1.807, 2.05) is 24.5 Å². The molecule has 15 heavy (non-hydrogen) atoms. The topological polar surface area (TPSA) is 34.1 Å². The van der Waals surface area contributed by atoms with E-state index in [4.69, 9.17) is 4.74 Å². The fourth-order valence-electron chi connectivity index (χ4n) is 1.89. The van der Waals surface area contributed by atoms with Gasteiger partial charge in [0.2, 0.25) is 0 Å². The fourth-order valence-corrected chi connectivity index (χ4v) is 1.89. The van der Waals surface area contributed by atoms with Crippen molar-refractivity contribution in [3.63, 3.8) is 0 Å². The Kier molecular flexibility index (Phi) is 4.11. The Balaban J connectivity index is 1.66. The Morgan fingerprint density at radius 1 is 1.40 bits per heavy atom. The lowest BCUT2D eigenvalue weighted by atomic mass is 10.0. The van der Waals surface area contributed by atoms with Crippen molar-refractivity contribution in [3.8, 4) is 0 Å². The van der Waals surface area contributed by atoms with E-state index in [2.05, 4.69) is 10.3 Å². The van der Waals surface area contributed by atoms with Crippen molar-refractivity contribution in [2.75, 3.05) is 19.8 Å². The molecule has 82 valence electrons. The van der Waals surface area contributed by atoms with Gasteiger partial charge in [-0.25, -0.2) is 0 Å². The van der Waals surface area contributed by atoms with Crippen molar-refractivity contribution >= 4 is 0 Å². The Bertz CT molecular complexity index is 270. The maximum atomic E-state index is 5.43. The first-order valence-electron chi connectivity index (χ1n) is 5.62. The minimum Gasteiger partial charge on any atom is -0.381 e. The van der Waals surface area contributed by atoms with Crippen LogP contribution in [-0.2, 0) is 11.3 Å². The van der Waals surface area contributed by atoms with Crippen LogP contribution in [0.25, 0.3) is 0 Å². The molecular weight excluding hydrogens is 188 g/mol. The van der Waals surface area contributed by atoms with E-state index in [-0.39, 0.29) is 0 Å². The highest BCUT2D eigenvalue weighted by molar-refractivity contribution is 5.08. The van der Waals surface area contributed by atoms with Gasteiger partial charge in [-0.15, -0.1) is 0 Å². The second kappa shape index (κ2) is 5.83. The summed E-state index contributed by atoms with van der Waals surface area (Å²) in [5.41, 5.74) is 1.29. The van der Waals surface area contributed by atoms with Crippen molar-refractivity contribution in [1.29, 1.82) is 0 Å². The van der Waals surface area contributed by atoms with Gasteiger partial charge < -0.3 is 10.1 Å². The van der Waals surface area contributed by atoms with E-state index < -0.39 is 0 Å². The van der Waals surface area contributed by atoms with Crippen LogP contribution in [0.5, 0.6) is 0 Å². The molecule has 3 heteroatoms. The lowest BCUT2D eigenvalue weighted by Gasteiger charge is -2.22. The number of rotatable bonds is 4. The Hall–Kier alpha value is -0.930. The maximum absolute atomic E-state index is 5.43. The normalized spacial score (nSPS) is 21.5. The molecular formula is C12H18N2O. The third-order valence-corrected chi connectivity index (χ3v) is 2.77. The molecule has 1 unspecified atom stereocenters. The van der Waals surface area contributed by atoms with Gasteiger partial charge in [-0.3, -0.25) is 4.98 Å². The number of nitrogens with zero attached hydrogens (tertiary/aromatic N) is 1. The molecule has 0 bridgehead atoms.